The highest BCUT2D eigenvalue weighted by atomic mass is 35.5. The minimum atomic E-state index is 0.422. The van der Waals surface area contributed by atoms with E-state index in [0.29, 0.717) is 5.92 Å². The molecule has 108 valence electrons. The first-order chi connectivity index (χ1) is 10.3. The third kappa shape index (κ3) is 3.00. The topological polar surface area (TPSA) is 53.6 Å². The molecule has 0 spiro atoms. The lowest BCUT2D eigenvalue weighted by Crippen LogP contribution is -2.13. The normalized spacial score (nSPS) is 12.5. The zero-order valence-corrected chi connectivity index (χ0v) is 12.6. The van der Waals surface area contributed by atoms with Gasteiger partial charge in [0.05, 0.1) is 5.39 Å². The number of hydrogen-bond acceptors (Lipinski definition) is 3. The van der Waals surface area contributed by atoms with E-state index in [0.717, 1.165) is 34.8 Å². The minimum Gasteiger partial charge on any atom is -0.369 e. The molecule has 1 atom stereocenters. The van der Waals surface area contributed by atoms with Crippen molar-refractivity contribution in [2.24, 2.45) is 0 Å². The van der Waals surface area contributed by atoms with E-state index >= 15 is 0 Å². The number of aromatic nitrogens is 3. The van der Waals surface area contributed by atoms with Gasteiger partial charge in [-0.05, 0) is 30.2 Å². The van der Waals surface area contributed by atoms with Crippen LogP contribution in [0.4, 0.5) is 5.82 Å². The van der Waals surface area contributed by atoms with E-state index in [1.807, 2.05) is 24.4 Å². The summed E-state index contributed by atoms with van der Waals surface area (Å²) in [5.41, 5.74) is 2.14. The van der Waals surface area contributed by atoms with Crippen molar-refractivity contribution in [2.75, 3.05) is 11.9 Å². The quantitative estimate of drug-likeness (QED) is 0.742. The third-order valence-electron chi connectivity index (χ3n) is 3.70. The summed E-state index contributed by atoms with van der Waals surface area (Å²) < 4.78 is 0. The first-order valence-corrected chi connectivity index (χ1v) is 7.43. The van der Waals surface area contributed by atoms with Gasteiger partial charge in [-0.25, -0.2) is 9.97 Å². The van der Waals surface area contributed by atoms with Crippen molar-refractivity contribution in [3.05, 3.63) is 53.4 Å². The molecule has 0 amide bonds. The Morgan fingerprint density at radius 2 is 2.00 bits per heavy atom. The van der Waals surface area contributed by atoms with Crippen LogP contribution in [0.1, 0.15) is 24.8 Å². The van der Waals surface area contributed by atoms with E-state index in [1.165, 1.54) is 5.56 Å². The maximum atomic E-state index is 5.95. The van der Waals surface area contributed by atoms with Gasteiger partial charge >= 0.3 is 0 Å². The predicted octanol–water partition coefficient (Wildman–Crippen LogP) is 4.22. The van der Waals surface area contributed by atoms with Gasteiger partial charge in [0, 0.05) is 23.7 Å². The molecule has 0 aliphatic carbocycles. The Labute approximate surface area is 128 Å². The van der Waals surface area contributed by atoms with Crippen LogP contribution >= 0.6 is 11.6 Å². The molecule has 1 unspecified atom stereocenters. The summed E-state index contributed by atoms with van der Waals surface area (Å²) >= 11 is 5.95. The Morgan fingerprint density at radius 3 is 2.76 bits per heavy atom. The molecule has 2 aromatic heterocycles. The summed E-state index contributed by atoms with van der Waals surface area (Å²) in [5, 5.41) is 5.22. The third-order valence-corrected chi connectivity index (χ3v) is 3.96. The number of nitrogens with one attached hydrogen (secondary N) is 2. The zero-order valence-electron chi connectivity index (χ0n) is 11.8. The van der Waals surface area contributed by atoms with Gasteiger partial charge in [0.15, 0.2) is 0 Å². The molecular weight excluding hydrogens is 284 g/mol. The molecule has 1 aromatic carbocycles. The second-order valence-corrected chi connectivity index (χ2v) is 5.44. The van der Waals surface area contributed by atoms with E-state index in [4.69, 9.17) is 11.6 Å². The van der Waals surface area contributed by atoms with Gasteiger partial charge in [0.25, 0.3) is 0 Å². The maximum Gasteiger partial charge on any atom is 0.142 e. The van der Waals surface area contributed by atoms with E-state index in [1.54, 1.807) is 6.33 Å². The summed E-state index contributed by atoms with van der Waals surface area (Å²) in [6.07, 6.45) is 4.50. The number of hydrogen-bond donors (Lipinski definition) is 2. The summed E-state index contributed by atoms with van der Waals surface area (Å²) in [6, 6.07) is 10.0. The summed E-state index contributed by atoms with van der Waals surface area (Å²) in [4.78, 5) is 11.6. The van der Waals surface area contributed by atoms with Crippen LogP contribution in [0.3, 0.4) is 0 Å². The van der Waals surface area contributed by atoms with Crippen molar-refractivity contribution < 1.29 is 0 Å². The molecule has 0 aliphatic rings. The Balaban J connectivity index is 1.76. The van der Waals surface area contributed by atoms with Crippen molar-refractivity contribution in [3.63, 3.8) is 0 Å². The number of fused-ring (bicyclic) bond motifs is 1. The lowest BCUT2D eigenvalue weighted by molar-refractivity contribution is 0.694. The Hall–Kier alpha value is -2.07. The summed E-state index contributed by atoms with van der Waals surface area (Å²) in [6.45, 7) is 3.02. The standard InChI is InChI=1S/C16H17ClN4/c1-2-11(12-3-5-13(17)6-4-12)9-19-16-14-7-8-18-15(14)20-10-21-16/h3-8,10-11H,2,9H2,1H3,(H2,18,19,20,21). The van der Waals surface area contributed by atoms with E-state index < -0.39 is 0 Å². The van der Waals surface area contributed by atoms with Crippen LogP contribution in [-0.4, -0.2) is 21.5 Å². The van der Waals surface area contributed by atoms with Crippen LogP contribution in [0.15, 0.2) is 42.9 Å². The molecule has 0 saturated carbocycles. The Kier molecular flexibility index (Phi) is 4.06. The second kappa shape index (κ2) is 6.14. The number of benzene rings is 1. The van der Waals surface area contributed by atoms with Crippen LogP contribution in [0.5, 0.6) is 0 Å². The highest BCUT2D eigenvalue weighted by Crippen LogP contribution is 2.23. The fraction of sp³-hybridized carbons (Fsp3) is 0.250. The summed E-state index contributed by atoms with van der Waals surface area (Å²) in [7, 11) is 0. The molecule has 2 N–H and O–H groups in total. The fourth-order valence-corrected chi connectivity index (χ4v) is 2.59. The van der Waals surface area contributed by atoms with Crippen molar-refractivity contribution >= 4 is 28.5 Å². The minimum absolute atomic E-state index is 0.422. The van der Waals surface area contributed by atoms with E-state index in [2.05, 4.69) is 39.3 Å². The van der Waals surface area contributed by atoms with Gasteiger partial charge in [-0.2, -0.15) is 0 Å². The molecule has 2 heterocycles. The van der Waals surface area contributed by atoms with E-state index in [9.17, 15) is 0 Å². The zero-order chi connectivity index (χ0) is 14.7. The molecular formula is C16H17ClN4. The first-order valence-electron chi connectivity index (χ1n) is 7.05. The van der Waals surface area contributed by atoms with Crippen molar-refractivity contribution in [3.8, 4) is 0 Å². The van der Waals surface area contributed by atoms with Crippen molar-refractivity contribution in [2.45, 2.75) is 19.3 Å². The number of rotatable bonds is 5. The largest absolute Gasteiger partial charge is 0.369 e. The highest BCUT2D eigenvalue weighted by molar-refractivity contribution is 6.30. The smallest absolute Gasteiger partial charge is 0.142 e. The maximum absolute atomic E-state index is 5.95. The van der Waals surface area contributed by atoms with Crippen LogP contribution in [0.2, 0.25) is 5.02 Å². The molecule has 0 saturated heterocycles. The average molecular weight is 301 g/mol. The SMILES string of the molecule is CCC(CNc1ncnc2[nH]ccc12)c1ccc(Cl)cc1. The monoisotopic (exact) mass is 300 g/mol. The van der Waals surface area contributed by atoms with Crippen LogP contribution in [0.25, 0.3) is 11.0 Å². The number of halogens is 1. The molecule has 0 aliphatic heterocycles. The first kappa shape index (κ1) is 13.9. The predicted molar refractivity (Wildman–Crippen MR) is 86.9 cm³/mol. The Bertz CT molecular complexity index is 720. The van der Waals surface area contributed by atoms with Crippen molar-refractivity contribution in [1.29, 1.82) is 0 Å². The van der Waals surface area contributed by atoms with Crippen LogP contribution < -0.4 is 5.32 Å². The van der Waals surface area contributed by atoms with Gasteiger partial charge in [0.2, 0.25) is 0 Å². The van der Waals surface area contributed by atoms with Gasteiger partial charge < -0.3 is 10.3 Å². The van der Waals surface area contributed by atoms with Gasteiger partial charge in [-0.1, -0.05) is 30.7 Å². The molecule has 21 heavy (non-hydrogen) atoms. The van der Waals surface area contributed by atoms with E-state index in [-0.39, 0.29) is 0 Å². The second-order valence-electron chi connectivity index (χ2n) is 5.00. The van der Waals surface area contributed by atoms with Gasteiger partial charge in [0.1, 0.15) is 17.8 Å². The molecule has 0 fully saturated rings. The highest BCUT2D eigenvalue weighted by Gasteiger charge is 2.11. The molecule has 0 radical (unpaired) electrons. The molecule has 3 aromatic rings. The molecule has 5 heteroatoms. The Morgan fingerprint density at radius 1 is 1.19 bits per heavy atom. The lowest BCUT2D eigenvalue weighted by atomic mass is 9.96. The number of aromatic amines is 1. The van der Waals surface area contributed by atoms with Crippen molar-refractivity contribution in [1.82, 2.24) is 15.0 Å². The van der Waals surface area contributed by atoms with Crippen LogP contribution in [0, 0.1) is 0 Å². The van der Waals surface area contributed by atoms with Crippen LogP contribution in [-0.2, 0) is 0 Å². The lowest BCUT2D eigenvalue weighted by Gasteiger charge is -2.17. The summed E-state index contributed by atoms with van der Waals surface area (Å²) in [5.74, 6) is 1.29. The molecule has 4 nitrogen and oxygen atoms in total. The number of H-pyrrole nitrogens is 1. The van der Waals surface area contributed by atoms with Gasteiger partial charge in [-0.15, -0.1) is 0 Å². The fourth-order valence-electron chi connectivity index (χ4n) is 2.47. The molecule has 3 rings (SSSR count). The number of nitrogens with zero attached hydrogens (tertiary/aromatic N) is 2. The average Bonchev–Trinajstić information content (AvgIpc) is 2.99. The van der Waals surface area contributed by atoms with Gasteiger partial charge in [-0.3, -0.25) is 0 Å². The molecule has 0 bridgehead atoms. The number of anilines is 1.